The normalized spacial score (nSPS) is 27.6. The van der Waals surface area contributed by atoms with Gasteiger partial charge in [0, 0.05) is 32.0 Å². The molecular formula is C47H75N5O10S. The molecule has 1 aliphatic heterocycles. The molecule has 5 amide bonds. The Hall–Kier alpha value is -4.70. The van der Waals surface area contributed by atoms with Gasteiger partial charge in [-0.25, -0.2) is 9.59 Å². The Bertz CT molecular complexity index is 1750. The zero-order valence-corrected chi connectivity index (χ0v) is 39.8. The summed E-state index contributed by atoms with van der Waals surface area (Å²) in [7, 11) is 2.88. The van der Waals surface area contributed by atoms with Crippen LogP contribution in [0.3, 0.4) is 0 Å². The van der Waals surface area contributed by atoms with Gasteiger partial charge in [-0.05, 0) is 76.7 Å². The van der Waals surface area contributed by atoms with E-state index in [0.717, 1.165) is 11.1 Å². The van der Waals surface area contributed by atoms with Crippen molar-refractivity contribution < 1.29 is 47.8 Å². The van der Waals surface area contributed by atoms with Crippen LogP contribution in [0.5, 0.6) is 0 Å². The summed E-state index contributed by atoms with van der Waals surface area (Å²) in [5.41, 5.74) is 1.71. The molecule has 0 fully saturated rings. The van der Waals surface area contributed by atoms with Crippen LogP contribution in [0.25, 0.3) is 0 Å². The number of nitrogens with zero attached hydrogens (tertiary/aromatic N) is 2. The van der Waals surface area contributed by atoms with E-state index in [1.54, 1.807) is 32.1 Å². The number of nitrogens with one attached hydrogen (secondary N) is 3. The van der Waals surface area contributed by atoms with E-state index in [0.29, 0.717) is 12.4 Å². The molecule has 0 spiro atoms. The zero-order chi connectivity index (χ0) is 46.8. The smallest absolute Gasteiger partial charge is 0.334 e. The number of rotatable bonds is 10. The summed E-state index contributed by atoms with van der Waals surface area (Å²) in [5, 5.41) is 8.17. The number of esters is 2. The SMILES string of the molecule is C.C/C=C(\C)[C@H]1OC(=O)[C@H](C)NC(=O)[C@H](C(C)CC)NC(=O)CN(C)C(=O)[C@@H](Cc2ccccc2)N(C)C(=O)[C@H](C)NC(=O)[C@@H](CC(C)C)OC(=O)/C(C)=C/C[C@@H](OCSC)[C@H]1C. The molecule has 354 valence electrons. The minimum absolute atomic E-state index is 0. The first kappa shape index (κ1) is 56.3. The number of likely N-dealkylation sites (N-methyl/N-ethyl adjacent to an activating group) is 2. The maximum absolute atomic E-state index is 14.2. The first-order valence-electron chi connectivity index (χ1n) is 21.4. The first-order chi connectivity index (χ1) is 29.2. The lowest BCUT2D eigenvalue weighted by Gasteiger charge is -2.33. The Morgan fingerprint density at radius 2 is 1.54 bits per heavy atom. The maximum Gasteiger partial charge on any atom is 0.334 e. The van der Waals surface area contributed by atoms with Gasteiger partial charge in [0.2, 0.25) is 23.6 Å². The quantitative estimate of drug-likeness (QED) is 0.159. The fourth-order valence-electron chi connectivity index (χ4n) is 6.91. The van der Waals surface area contributed by atoms with Gasteiger partial charge < -0.3 is 40.0 Å². The van der Waals surface area contributed by atoms with E-state index in [1.807, 2.05) is 72.1 Å². The van der Waals surface area contributed by atoms with Crippen molar-refractivity contribution in [1.29, 1.82) is 0 Å². The van der Waals surface area contributed by atoms with Crippen molar-refractivity contribution in [3.05, 3.63) is 59.2 Å². The first-order valence-corrected chi connectivity index (χ1v) is 22.8. The number of carbonyl (C=O) groups is 7. The van der Waals surface area contributed by atoms with Crippen molar-refractivity contribution in [2.75, 3.05) is 32.8 Å². The van der Waals surface area contributed by atoms with E-state index < -0.39 is 96.4 Å². The summed E-state index contributed by atoms with van der Waals surface area (Å²) in [6, 6.07) is 4.65. The fourth-order valence-corrected chi connectivity index (χ4v) is 7.22. The predicted octanol–water partition coefficient (Wildman–Crippen LogP) is 5.22. The van der Waals surface area contributed by atoms with Crippen molar-refractivity contribution >= 4 is 53.2 Å². The van der Waals surface area contributed by atoms with Crippen LogP contribution < -0.4 is 16.0 Å². The molecule has 0 radical (unpaired) electrons. The van der Waals surface area contributed by atoms with Crippen LogP contribution in [0, 0.1) is 17.8 Å². The molecule has 15 nitrogen and oxygen atoms in total. The van der Waals surface area contributed by atoms with Crippen LogP contribution in [0.1, 0.15) is 101 Å². The van der Waals surface area contributed by atoms with Gasteiger partial charge in [-0.1, -0.05) is 91.0 Å². The van der Waals surface area contributed by atoms with Gasteiger partial charge in [0.1, 0.15) is 30.3 Å². The van der Waals surface area contributed by atoms with E-state index in [2.05, 4.69) is 16.0 Å². The molecule has 1 aliphatic rings. The molecule has 0 aliphatic carbocycles. The molecule has 1 heterocycles. The number of allylic oxidation sites excluding steroid dienone is 1. The van der Waals surface area contributed by atoms with Gasteiger partial charge in [-0.3, -0.25) is 24.0 Å². The van der Waals surface area contributed by atoms with Gasteiger partial charge in [0.15, 0.2) is 6.10 Å². The highest BCUT2D eigenvalue weighted by atomic mass is 32.2. The summed E-state index contributed by atoms with van der Waals surface area (Å²) < 4.78 is 18.1. The third-order valence-electron chi connectivity index (χ3n) is 11.2. The molecule has 1 aromatic rings. The summed E-state index contributed by atoms with van der Waals surface area (Å²) in [4.78, 5) is 99.0. The lowest BCUT2D eigenvalue weighted by atomic mass is 9.90. The second kappa shape index (κ2) is 27.5. The third-order valence-corrected chi connectivity index (χ3v) is 11.6. The van der Waals surface area contributed by atoms with E-state index in [4.69, 9.17) is 14.2 Å². The zero-order valence-electron chi connectivity index (χ0n) is 38.9. The number of ether oxygens (including phenoxy) is 3. The van der Waals surface area contributed by atoms with Crippen LogP contribution in [0.4, 0.5) is 0 Å². The molecule has 0 aromatic heterocycles. The van der Waals surface area contributed by atoms with Gasteiger partial charge in [0.05, 0.1) is 18.6 Å². The van der Waals surface area contributed by atoms with Crippen molar-refractivity contribution in [1.82, 2.24) is 25.8 Å². The van der Waals surface area contributed by atoms with Gasteiger partial charge >= 0.3 is 11.9 Å². The van der Waals surface area contributed by atoms with E-state index in [9.17, 15) is 33.6 Å². The molecule has 0 saturated carbocycles. The Labute approximate surface area is 380 Å². The van der Waals surface area contributed by atoms with Crippen LogP contribution in [0.15, 0.2) is 53.6 Å². The molecule has 1 unspecified atom stereocenters. The summed E-state index contributed by atoms with van der Waals surface area (Å²) in [6.45, 7) is 17.1. The van der Waals surface area contributed by atoms with Crippen LogP contribution in [-0.4, -0.2) is 127 Å². The fraction of sp³-hybridized carbons (Fsp3) is 0.638. The molecular weight excluding hydrogens is 827 g/mol. The van der Waals surface area contributed by atoms with Gasteiger partial charge in [0.25, 0.3) is 5.91 Å². The van der Waals surface area contributed by atoms with Crippen molar-refractivity contribution in [2.45, 2.75) is 145 Å². The number of carbonyl (C=O) groups excluding carboxylic acids is 7. The number of hydrogen-bond donors (Lipinski definition) is 3. The Morgan fingerprint density at radius 1 is 0.921 bits per heavy atom. The number of thioether (sulfide) groups is 1. The maximum atomic E-state index is 14.2. The van der Waals surface area contributed by atoms with Gasteiger partial charge in [-0.2, -0.15) is 0 Å². The average molecular weight is 902 g/mol. The van der Waals surface area contributed by atoms with Crippen LogP contribution in [0.2, 0.25) is 0 Å². The predicted molar refractivity (Wildman–Crippen MR) is 247 cm³/mol. The van der Waals surface area contributed by atoms with E-state index in [1.165, 1.54) is 49.5 Å². The molecule has 0 saturated heterocycles. The van der Waals surface area contributed by atoms with Crippen molar-refractivity contribution in [3.63, 3.8) is 0 Å². The van der Waals surface area contributed by atoms with E-state index >= 15 is 0 Å². The van der Waals surface area contributed by atoms with Crippen molar-refractivity contribution in [2.24, 2.45) is 17.8 Å². The molecule has 0 bridgehead atoms. The average Bonchev–Trinajstić information content (AvgIpc) is 3.24. The third kappa shape index (κ3) is 17.4. The molecule has 16 heteroatoms. The summed E-state index contributed by atoms with van der Waals surface area (Å²) in [5.74, 6) is -5.02. The van der Waals surface area contributed by atoms with Crippen LogP contribution in [-0.2, 0) is 54.2 Å². The highest BCUT2D eigenvalue weighted by molar-refractivity contribution is 7.98. The number of hydrogen-bond acceptors (Lipinski definition) is 11. The Kier molecular flexibility index (Phi) is 24.6. The topological polar surface area (TPSA) is 190 Å². The van der Waals surface area contributed by atoms with Gasteiger partial charge in [-0.15, -0.1) is 11.8 Å². The summed E-state index contributed by atoms with van der Waals surface area (Å²) >= 11 is 1.46. The number of cyclic esters (lactones) is 2. The minimum atomic E-state index is -1.23. The second-order valence-electron chi connectivity index (χ2n) is 16.7. The number of benzene rings is 1. The van der Waals surface area contributed by atoms with Crippen LogP contribution >= 0.6 is 11.8 Å². The molecule has 2 rings (SSSR count). The molecule has 1 aromatic carbocycles. The monoisotopic (exact) mass is 902 g/mol. The molecule has 3 N–H and O–H groups in total. The minimum Gasteiger partial charge on any atom is -0.456 e. The highest BCUT2D eigenvalue weighted by Crippen LogP contribution is 2.26. The largest absolute Gasteiger partial charge is 0.456 e. The number of amides is 5. The lowest BCUT2D eigenvalue weighted by molar-refractivity contribution is -0.155. The second-order valence-corrected chi connectivity index (χ2v) is 17.6. The molecule has 9 atom stereocenters. The molecule has 63 heavy (non-hydrogen) atoms. The lowest BCUT2D eigenvalue weighted by Crippen LogP contribution is -2.57. The Balaban J connectivity index is 0.0000198. The van der Waals surface area contributed by atoms with Crippen molar-refractivity contribution in [3.8, 4) is 0 Å². The summed E-state index contributed by atoms with van der Waals surface area (Å²) in [6.07, 6.45) is 3.83. The van der Waals surface area contributed by atoms with E-state index in [-0.39, 0.29) is 44.1 Å². The highest BCUT2D eigenvalue weighted by Gasteiger charge is 2.37. The standard InChI is InChI=1S/C46H71N5O10S.CH4/c1-14-28(5)39-42(54)48-33(10)46(58)61-40(29(6)15-2)31(8)36(59-26-62-13)22-21-30(7)45(57)60-37(23-27(3)4)41(53)47-32(9)43(55)51(12)35(24-34-19-17-16-18-20-34)44(56)50(11)25-38(52)49-39;/h15-21,27-28,31-33,35-37,39-40H,14,22-26H2,1-13H3,(H,47,53)(H,48,54)(H,49,52);1H4/b29-15+,30-21+;/t28?,31-,32+,33+,35-,36-,37-,39+,40-;/m1./s1. The Morgan fingerprint density at radius 3 is 2.11 bits per heavy atom.